The van der Waals surface area contributed by atoms with Crippen LogP contribution in [0.15, 0.2) is 36.7 Å². The minimum atomic E-state index is -0.523. The molecule has 2 N–H and O–H groups in total. The molecule has 8 nitrogen and oxygen atoms in total. The van der Waals surface area contributed by atoms with Gasteiger partial charge in [-0.25, -0.2) is 19.4 Å². The SMILES string of the molecule is CC(C)(C)OC(=O)N1CCC[C@@H]1Cn1nc(-c2ccccc2)c2c(N)ncnc21. The summed E-state index contributed by atoms with van der Waals surface area (Å²) >= 11 is 0. The smallest absolute Gasteiger partial charge is 0.410 e. The van der Waals surface area contributed by atoms with Gasteiger partial charge in [-0.3, -0.25) is 0 Å². The maximum atomic E-state index is 12.6. The molecule has 1 aromatic carbocycles. The minimum Gasteiger partial charge on any atom is -0.444 e. The first-order valence-corrected chi connectivity index (χ1v) is 9.85. The number of anilines is 1. The van der Waals surface area contributed by atoms with E-state index in [1.807, 2.05) is 55.8 Å². The Labute approximate surface area is 169 Å². The van der Waals surface area contributed by atoms with Crippen molar-refractivity contribution in [2.75, 3.05) is 12.3 Å². The molecule has 8 heteroatoms. The van der Waals surface area contributed by atoms with Crippen molar-refractivity contribution in [3.8, 4) is 11.3 Å². The second-order valence-electron chi connectivity index (χ2n) is 8.32. The van der Waals surface area contributed by atoms with Crippen LogP contribution in [0.25, 0.3) is 22.3 Å². The minimum absolute atomic E-state index is 0.00670. The number of aromatic nitrogens is 4. The van der Waals surface area contributed by atoms with Crippen LogP contribution in [0.2, 0.25) is 0 Å². The molecule has 1 amide bonds. The lowest BCUT2D eigenvalue weighted by atomic mass is 10.1. The van der Waals surface area contributed by atoms with Crippen molar-refractivity contribution in [3.05, 3.63) is 36.7 Å². The maximum absolute atomic E-state index is 12.6. The summed E-state index contributed by atoms with van der Waals surface area (Å²) in [5.74, 6) is 0.399. The second kappa shape index (κ2) is 7.35. The number of rotatable bonds is 3. The quantitative estimate of drug-likeness (QED) is 0.730. The van der Waals surface area contributed by atoms with Crippen molar-refractivity contribution in [1.29, 1.82) is 0 Å². The van der Waals surface area contributed by atoms with Crippen molar-refractivity contribution in [1.82, 2.24) is 24.6 Å². The summed E-state index contributed by atoms with van der Waals surface area (Å²) in [6, 6.07) is 9.85. The van der Waals surface area contributed by atoms with Gasteiger partial charge in [0, 0.05) is 12.1 Å². The fraction of sp³-hybridized carbons (Fsp3) is 0.429. The number of nitrogens with two attached hydrogens (primary N) is 1. The molecule has 0 saturated carbocycles. The van der Waals surface area contributed by atoms with E-state index in [4.69, 9.17) is 15.6 Å². The van der Waals surface area contributed by atoms with Gasteiger partial charge in [0.15, 0.2) is 5.65 Å². The number of carbonyl (C=O) groups excluding carboxylic acids is 1. The molecule has 0 aliphatic carbocycles. The number of nitrogens with zero attached hydrogens (tertiary/aromatic N) is 5. The van der Waals surface area contributed by atoms with E-state index in [1.165, 1.54) is 6.33 Å². The van der Waals surface area contributed by atoms with Gasteiger partial charge in [-0.15, -0.1) is 0 Å². The number of likely N-dealkylation sites (tertiary alicyclic amines) is 1. The Morgan fingerprint density at radius 1 is 1.24 bits per heavy atom. The highest BCUT2D eigenvalue weighted by Gasteiger charge is 2.33. The van der Waals surface area contributed by atoms with Crippen molar-refractivity contribution in [2.24, 2.45) is 0 Å². The van der Waals surface area contributed by atoms with Crippen molar-refractivity contribution < 1.29 is 9.53 Å². The van der Waals surface area contributed by atoms with Crippen LogP contribution >= 0.6 is 0 Å². The molecule has 1 saturated heterocycles. The molecule has 0 spiro atoms. The first-order chi connectivity index (χ1) is 13.8. The standard InChI is InChI=1S/C21H26N6O2/c1-21(2,3)29-20(28)26-11-7-10-15(26)12-27-19-16(18(22)23-13-24-19)17(25-27)14-8-5-4-6-9-14/h4-6,8-9,13,15H,7,10-12H2,1-3H3,(H2,22,23,24)/t15-/m1/s1. The molecule has 0 bridgehead atoms. The number of amides is 1. The van der Waals surface area contributed by atoms with Gasteiger partial charge in [0.2, 0.25) is 0 Å². The third kappa shape index (κ3) is 3.87. The van der Waals surface area contributed by atoms with Gasteiger partial charge >= 0.3 is 6.09 Å². The Morgan fingerprint density at radius 2 is 2.00 bits per heavy atom. The number of fused-ring (bicyclic) bond motifs is 1. The molecule has 1 atom stereocenters. The summed E-state index contributed by atoms with van der Waals surface area (Å²) < 4.78 is 7.42. The van der Waals surface area contributed by atoms with Gasteiger partial charge in [-0.1, -0.05) is 30.3 Å². The van der Waals surface area contributed by atoms with E-state index in [-0.39, 0.29) is 12.1 Å². The molecule has 152 valence electrons. The van der Waals surface area contributed by atoms with Crippen LogP contribution in [-0.2, 0) is 11.3 Å². The Morgan fingerprint density at radius 3 is 2.72 bits per heavy atom. The lowest BCUT2D eigenvalue weighted by Crippen LogP contribution is -2.41. The van der Waals surface area contributed by atoms with Gasteiger partial charge in [-0.05, 0) is 33.6 Å². The van der Waals surface area contributed by atoms with Crippen LogP contribution in [0, 0.1) is 0 Å². The molecule has 4 rings (SSSR count). The molecule has 1 aliphatic heterocycles. The first kappa shape index (κ1) is 19.2. The third-order valence-electron chi connectivity index (χ3n) is 4.99. The monoisotopic (exact) mass is 394 g/mol. The van der Waals surface area contributed by atoms with E-state index in [1.54, 1.807) is 4.90 Å². The van der Waals surface area contributed by atoms with Gasteiger partial charge in [0.05, 0.1) is 18.0 Å². The van der Waals surface area contributed by atoms with Crippen LogP contribution in [0.3, 0.4) is 0 Å². The molecule has 0 unspecified atom stereocenters. The summed E-state index contributed by atoms with van der Waals surface area (Å²) in [5, 5.41) is 5.54. The third-order valence-corrected chi connectivity index (χ3v) is 4.99. The molecule has 1 aliphatic rings. The predicted molar refractivity (Wildman–Crippen MR) is 111 cm³/mol. The van der Waals surface area contributed by atoms with Crippen LogP contribution in [0.1, 0.15) is 33.6 Å². The topological polar surface area (TPSA) is 99.2 Å². The number of ether oxygens (including phenoxy) is 1. The second-order valence-corrected chi connectivity index (χ2v) is 8.32. The largest absolute Gasteiger partial charge is 0.444 e. The van der Waals surface area contributed by atoms with E-state index in [0.29, 0.717) is 24.6 Å². The van der Waals surface area contributed by atoms with Crippen molar-refractivity contribution >= 4 is 22.9 Å². The average Bonchev–Trinajstić information content (AvgIpc) is 3.27. The van der Waals surface area contributed by atoms with Crippen LogP contribution in [0.4, 0.5) is 10.6 Å². The first-order valence-electron chi connectivity index (χ1n) is 9.85. The Balaban J connectivity index is 1.68. The Bertz CT molecular complexity index is 1020. The number of carbonyl (C=O) groups is 1. The van der Waals surface area contributed by atoms with Crippen LogP contribution < -0.4 is 5.73 Å². The zero-order valence-corrected chi connectivity index (χ0v) is 17.0. The fourth-order valence-electron chi connectivity index (χ4n) is 3.74. The number of benzene rings is 1. The van der Waals surface area contributed by atoms with E-state index in [9.17, 15) is 4.79 Å². The summed E-state index contributed by atoms with van der Waals surface area (Å²) in [4.78, 5) is 23.0. The van der Waals surface area contributed by atoms with Gasteiger partial charge in [0.25, 0.3) is 0 Å². The molecule has 0 radical (unpaired) electrons. The van der Waals surface area contributed by atoms with Gasteiger partial charge in [0.1, 0.15) is 23.4 Å². The zero-order valence-electron chi connectivity index (χ0n) is 17.0. The number of hydrogen-bond donors (Lipinski definition) is 1. The van der Waals surface area contributed by atoms with Crippen molar-refractivity contribution in [3.63, 3.8) is 0 Å². The molecular formula is C21H26N6O2. The van der Waals surface area contributed by atoms with Gasteiger partial charge in [-0.2, -0.15) is 5.10 Å². The van der Waals surface area contributed by atoms with Gasteiger partial charge < -0.3 is 15.4 Å². The summed E-state index contributed by atoms with van der Waals surface area (Å²) in [5.41, 5.74) is 8.02. The highest BCUT2D eigenvalue weighted by molar-refractivity contribution is 5.98. The van der Waals surface area contributed by atoms with E-state index in [0.717, 1.165) is 29.5 Å². The van der Waals surface area contributed by atoms with Crippen LogP contribution in [0.5, 0.6) is 0 Å². The molecule has 2 aromatic heterocycles. The lowest BCUT2D eigenvalue weighted by Gasteiger charge is -2.28. The normalized spacial score (nSPS) is 17.1. The highest BCUT2D eigenvalue weighted by atomic mass is 16.6. The molecular weight excluding hydrogens is 368 g/mol. The van der Waals surface area contributed by atoms with Crippen molar-refractivity contribution in [2.45, 2.75) is 51.8 Å². The zero-order chi connectivity index (χ0) is 20.6. The molecule has 3 aromatic rings. The summed E-state index contributed by atoms with van der Waals surface area (Å²) in [6.45, 7) is 6.84. The Hall–Kier alpha value is -3.16. The van der Waals surface area contributed by atoms with E-state index in [2.05, 4.69) is 9.97 Å². The molecule has 29 heavy (non-hydrogen) atoms. The van der Waals surface area contributed by atoms with E-state index < -0.39 is 5.60 Å². The molecule has 1 fully saturated rings. The Kier molecular flexibility index (Phi) is 4.86. The lowest BCUT2D eigenvalue weighted by molar-refractivity contribution is 0.0212. The fourth-order valence-corrected chi connectivity index (χ4v) is 3.74. The number of hydrogen-bond acceptors (Lipinski definition) is 6. The number of nitrogen functional groups attached to an aromatic ring is 1. The maximum Gasteiger partial charge on any atom is 0.410 e. The molecule has 3 heterocycles. The van der Waals surface area contributed by atoms with Crippen LogP contribution in [-0.4, -0.2) is 48.9 Å². The highest BCUT2D eigenvalue weighted by Crippen LogP contribution is 2.31. The summed E-state index contributed by atoms with van der Waals surface area (Å²) in [7, 11) is 0. The average molecular weight is 394 g/mol. The predicted octanol–water partition coefficient (Wildman–Crippen LogP) is 3.48. The van der Waals surface area contributed by atoms with E-state index >= 15 is 0 Å². The summed E-state index contributed by atoms with van der Waals surface area (Å²) in [6.07, 6.45) is 2.99.